The predicted molar refractivity (Wildman–Crippen MR) is 98.8 cm³/mol. The lowest BCUT2D eigenvalue weighted by Crippen LogP contribution is -2.44. The fraction of sp³-hybridized carbons (Fsp3) is 0.263. The van der Waals surface area contributed by atoms with E-state index in [1.54, 1.807) is 22.4 Å². The van der Waals surface area contributed by atoms with E-state index >= 15 is 0 Å². The van der Waals surface area contributed by atoms with Gasteiger partial charge >= 0.3 is 0 Å². The Morgan fingerprint density at radius 1 is 1.22 bits per heavy atom. The summed E-state index contributed by atoms with van der Waals surface area (Å²) in [6.45, 7) is 0.377. The van der Waals surface area contributed by atoms with Crippen molar-refractivity contribution in [3.63, 3.8) is 0 Å². The van der Waals surface area contributed by atoms with E-state index in [-0.39, 0.29) is 23.6 Å². The number of carbonyl (C=O) groups is 2. The Bertz CT molecular complexity index is 892. The standard InChI is InChI=1S/C19H18N4O3S/c24-18(20-11-13-5-2-1-3-6-13)17(16-7-4-10-26-16)23(14-8-9-14)19(25)15-12-27-22-21-15/h1-7,10,12,14,17H,8-9,11H2,(H,20,24)/t17-/m0/s1. The maximum absolute atomic E-state index is 13.1. The summed E-state index contributed by atoms with van der Waals surface area (Å²) in [5.41, 5.74) is 1.23. The van der Waals surface area contributed by atoms with E-state index in [2.05, 4.69) is 14.9 Å². The number of hydrogen-bond acceptors (Lipinski definition) is 6. The number of furan rings is 1. The maximum atomic E-state index is 13.1. The van der Waals surface area contributed by atoms with Crippen molar-refractivity contribution in [3.8, 4) is 0 Å². The van der Waals surface area contributed by atoms with E-state index in [9.17, 15) is 9.59 Å². The molecule has 1 N–H and O–H groups in total. The quantitative estimate of drug-likeness (QED) is 0.679. The number of aromatic nitrogens is 2. The van der Waals surface area contributed by atoms with Crippen LogP contribution in [0.15, 0.2) is 58.5 Å². The van der Waals surface area contributed by atoms with Crippen molar-refractivity contribution in [2.24, 2.45) is 0 Å². The highest BCUT2D eigenvalue weighted by molar-refractivity contribution is 7.03. The number of hydrogen-bond donors (Lipinski definition) is 1. The van der Waals surface area contributed by atoms with Gasteiger partial charge in [0.15, 0.2) is 11.7 Å². The second-order valence-corrected chi connectivity index (χ2v) is 6.96. The lowest BCUT2D eigenvalue weighted by Gasteiger charge is -2.29. The Hall–Kier alpha value is -3.00. The van der Waals surface area contributed by atoms with Crippen molar-refractivity contribution in [2.75, 3.05) is 0 Å². The predicted octanol–water partition coefficient (Wildman–Crippen LogP) is 2.79. The van der Waals surface area contributed by atoms with Crippen molar-refractivity contribution in [1.82, 2.24) is 19.8 Å². The van der Waals surface area contributed by atoms with Gasteiger partial charge in [-0.15, -0.1) is 5.10 Å². The van der Waals surface area contributed by atoms with E-state index < -0.39 is 6.04 Å². The minimum Gasteiger partial charge on any atom is -0.467 e. The van der Waals surface area contributed by atoms with Gasteiger partial charge in [0, 0.05) is 18.0 Å². The molecule has 1 saturated carbocycles. The maximum Gasteiger partial charge on any atom is 0.276 e. The molecule has 1 aliphatic rings. The van der Waals surface area contributed by atoms with Crippen LogP contribution in [0.1, 0.15) is 40.7 Å². The van der Waals surface area contributed by atoms with E-state index in [0.717, 1.165) is 29.9 Å². The third-order valence-electron chi connectivity index (χ3n) is 4.40. The van der Waals surface area contributed by atoms with Gasteiger partial charge in [-0.2, -0.15) is 0 Å². The first-order valence-electron chi connectivity index (χ1n) is 8.69. The topological polar surface area (TPSA) is 88.3 Å². The third kappa shape index (κ3) is 3.90. The van der Waals surface area contributed by atoms with Crippen LogP contribution in [0.4, 0.5) is 0 Å². The lowest BCUT2D eigenvalue weighted by molar-refractivity contribution is -0.126. The summed E-state index contributed by atoms with van der Waals surface area (Å²) < 4.78 is 9.28. The molecule has 1 aliphatic carbocycles. The van der Waals surface area contributed by atoms with Crippen LogP contribution in [0.25, 0.3) is 0 Å². The van der Waals surface area contributed by atoms with Crippen molar-refractivity contribution < 1.29 is 14.0 Å². The molecule has 2 aromatic heterocycles. The SMILES string of the molecule is O=C(NCc1ccccc1)[C@H](c1ccco1)N(C(=O)c1csnn1)C1CC1. The van der Waals surface area contributed by atoms with E-state index in [1.165, 1.54) is 6.26 Å². The van der Waals surface area contributed by atoms with E-state index in [4.69, 9.17) is 4.42 Å². The average Bonchev–Trinajstić information content (AvgIpc) is 3.15. The molecule has 0 radical (unpaired) electrons. The molecule has 0 unspecified atom stereocenters. The smallest absolute Gasteiger partial charge is 0.276 e. The molecule has 0 spiro atoms. The average molecular weight is 382 g/mol. The molecule has 1 aromatic carbocycles. The summed E-state index contributed by atoms with van der Waals surface area (Å²) in [5.74, 6) is -0.149. The van der Waals surface area contributed by atoms with Crippen LogP contribution in [-0.4, -0.2) is 32.3 Å². The van der Waals surface area contributed by atoms with Crippen LogP contribution in [0, 0.1) is 0 Å². The Labute approximate surface area is 160 Å². The highest BCUT2D eigenvalue weighted by Crippen LogP contribution is 2.36. The van der Waals surface area contributed by atoms with Crippen molar-refractivity contribution in [2.45, 2.75) is 31.5 Å². The van der Waals surface area contributed by atoms with Gasteiger partial charge in [-0.25, -0.2) is 0 Å². The Balaban J connectivity index is 1.59. The molecule has 7 nitrogen and oxygen atoms in total. The van der Waals surface area contributed by atoms with Crippen molar-refractivity contribution >= 4 is 23.3 Å². The molecule has 0 bridgehead atoms. The highest BCUT2D eigenvalue weighted by atomic mass is 32.1. The molecule has 4 rings (SSSR count). The zero-order chi connectivity index (χ0) is 18.6. The summed E-state index contributed by atoms with van der Waals surface area (Å²) in [6, 6.07) is 12.2. The summed E-state index contributed by atoms with van der Waals surface area (Å²) >= 11 is 1.11. The number of amides is 2. The van der Waals surface area contributed by atoms with E-state index in [1.807, 2.05) is 30.3 Å². The first-order valence-corrected chi connectivity index (χ1v) is 9.52. The third-order valence-corrected chi connectivity index (χ3v) is 4.91. The normalized spacial score (nSPS) is 14.5. The number of nitrogens with zero attached hydrogens (tertiary/aromatic N) is 3. The van der Waals surface area contributed by atoms with Gasteiger partial charge in [-0.1, -0.05) is 34.8 Å². The van der Waals surface area contributed by atoms with Crippen LogP contribution in [0.2, 0.25) is 0 Å². The minimum atomic E-state index is -0.842. The second-order valence-electron chi connectivity index (χ2n) is 6.36. The summed E-state index contributed by atoms with van der Waals surface area (Å²) in [4.78, 5) is 27.7. The molecule has 1 atom stereocenters. The molecule has 2 heterocycles. The zero-order valence-corrected chi connectivity index (χ0v) is 15.3. The molecule has 1 fully saturated rings. The first-order chi connectivity index (χ1) is 13.2. The molecule has 0 aliphatic heterocycles. The van der Waals surface area contributed by atoms with Crippen LogP contribution >= 0.6 is 11.5 Å². The monoisotopic (exact) mass is 382 g/mol. The highest BCUT2D eigenvalue weighted by Gasteiger charge is 2.43. The lowest BCUT2D eigenvalue weighted by atomic mass is 10.1. The Kier molecular flexibility index (Phi) is 4.97. The van der Waals surface area contributed by atoms with Gasteiger partial charge < -0.3 is 14.6 Å². The van der Waals surface area contributed by atoms with Gasteiger partial charge in [-0.05, 0) is 42.1 Å². The van der Waals surface area contributed by atoms with Crippen LogP contribution in [-0.2, 0) is 11.3 Å². The molecule has 2 amide bonds. The Morgan fingerprint density at radius 3 is 2.67 bits per heavy atom. The summed E-state index contributed by atoms with van der Waals surface area (Å²) in [5, 5.41) is 8.40. The molecule has 8 heteroatoms. The van der Waals surface area contributed by atoms with Crippen LogP contribution < -0.4 is 5.32 Å². The summed E-state index contributed by atoms with van der Waals surface area (Å²) in [6.07, 6.45) is 3.21. The molecule has 0 saturated heterocycles. The van der Waals surface area contributed by atoms with E-state index in [0.29, 0.717) is 12.3 Å². The molecular formula is C19H18N4O3S. The van der Waals surface area contributed by atoms with Crippen molar-refractivity contribution in [3.05, 3.63) is 71.1 Å². The fourth-order valence-electron chi connectivity index (χ4n) is 2.96. The van der Waals surface area contributed by atoms with Crippen molar-refractivity contribution in [1.29, 1.82) is 0 Å². The minimum absolute atomic E-state index is 0.00299. The number of benzene rings is 1. The molecule has 27 heavy (non-hydrogen) atoms. The van der Waals surface area contributed by atoms with Gasteiger partial charge in [-0.3, -0.25) is 9.59 Å². The number of nitrogens with one attached hydrogen (secondary N) is 1. The molecular weight excluding hydrogens is 364 g/mol. The number of carbonyl (C=O) groups excluding carboxylic acids is 2. The van der Waals surface area contributed by atoms with Gasteiger partial charge in [0.1, 0.15) is 5.76 Å². The fourth-order valence-corrected chi connectivity index (χ4v) is 3.39. The largest absolute Gasteiger partial charge is 0.467 e. The zero-order valence-electron chi connectivity index (χ0n) is 14.4. The molecule has 138 valence electrons. The first kappa shape index (κ1) is 17.4. The van der Waals surface area contributed by atoms with Gasteiger partial charge in [0.25, 0.3) is 11.8 Å². The Morgan fingerprint density at radius 2 is 2.04 bits per heavy atom. The van der Waals surface area contributed by atoms with Gasteiger partial charge in [0.05, 0.1) is 6.26 Å². The molecule has 3 aromatic rings. The number of rotatable bonds is 7. The van der Waals surface area contributed by atoms with Gasteiger partial charge in [0.2, 0.25) is 0 Å². The second kappa shape index (κ2) is 7.71. The van der Waals surface area contributed by atoms with Crippen LogP contribution in [0.5, 0.6) is 0 Å². The summed E-state index contributed by atoms with van der Waals surface area (Å²) in [7, 11) is 0. The van der Waals surface area contributed by atoms with Crippen LogP contribution in [0.3, 0.4) is 0 Å².